The number of pyridine rings is 1. The molecule has 0 unspecified atom stereocenters. The quantitative estimate of drug-likeness (QED) is 0.582. The van der Waals surface area contributed by atoms with E-state index in [-0.39, 0.29) is 5.56 Å². The Kier molecular flexibility index (Phi) is 3.31. The number of hydrogen-bond donors (Lipinski definition) is 2. The van der Waals surface area contributed by atoms with Crippen LogP contribution in [0.4, 0.5) is 0 Å². The van der Waals surface area contributed by atoms with E-state index >= 15 is 0 Å². The van der Waals surface area contributed by atoms with Crippen molar-refractivity contribution < 1.29 is 0 Å². The van der Waals surface area contributed by atoms with Gasteiger partial charge in [-0.1, -0.05) is 42.0 Å². The van der Waals surface area contributed by atoms with Crippen LogP contribution in [0.25, 0.3) is 33.4 Å². The van der Waals surface area contributed by atoms with E-state index in [1.807, 2.05) is 43.3 Å². The van der Waals surface area contributed by atoms with E-state index in [9.17, 15) is 4.79 Å². The number of imidazole rings is 1. The minimum absolute atomic E-state index is 0.115. The lowest BCUT2D eigenvalue weighted by Gasteiger charge is -2.08. The van der Waals surface area contributed by atoms with Gasteiger partial charge >= 0.3 is 0 Å². The van der Waals surface area contributed by atoms with Crippen LogP contribution in [-0.4, -0.2) is 15.0 Å². The Morgan fingerprint density at radius 3 is 2.58 bits per heavy atom. The normalized spacial score (nSPS) is 11.1. The van der Waals surface area contributed by atoms with Crippen LogP contribution in [0.1, 0.15) is 11.1 Å². The number of H-pyrrole nitrogens is 2. The minimum Gasteiger partial charge on any atom is -0.344 e. The van der Waals surface area contributed by atoms with Crippen LogP contribution in [0, 0.1) is 13.8 Å². The van der Waals surface area contributed by atoms with Crippen molar-refractivity contribution in [3.8, 4) is 22.5 Å². The summed E-state index contributed by atoms with van der Waals surface area (Å²) < 4.78 is 0. The summed E-state index contributed by atoms with van der Waals surface area (Å²) in [6.45, 7) is 4.07. The Bertz CT molecular complexity index is 1090. The van der Waals surface area contributed by atoms with Gasteiger partial charge in [0.05, 0.1) is 28.8 Å². The van der Waals surface area contributed by atoms with Crippen molar-refractivity contribution in [3.63, 3.8) is 0 Å². The maximum Gasteiger partial charge on any atom is 0.257 e. The first kappa shape index (κ1) is 14.5. The summed E-state index contributed by atoms with van der Waals surface area (Å²) in [6.07, 6.45) is 1.63. The van der Waals surface area contributed by atoms with Crippen molar-refractivity contribution in [2.75, 3.05) is 0 Å². The van der Waals surface area contributed by atoms with Gasteiger partial charge in [-0.25, -0.2) is 4.98 Å². The smallest absolute Gasteiger partial charge is 0.257 e. The van der Waals surface area contributed by atoms with Crippen molar-refractivity contribution in [3.05, 3.63) is 76.3 Å². The third-order valence-corrected chi connectivity index (χ3v) is 4.25. The highest BCUT2D eigenvalue weighted by atomic mass is 16.1. The number of benzene rings is 2. The molecule has 0 atom stereocenters. The molecule has 4 aromatic rings. The van der Waals surface area contributed by atoms with Gasteiger partial charge in [-0.15, -0.1) is 0 Å². The van der Waals surface area contributed by atoms with Crippen LogP contribution in [-0.2, 0) is 0 Å². The zero-order chi connectivity index (χ0) is 16.7. The number of aromatic nitrogens is 3. The first-order valence-corrected chi connectivity index (χ1v) is 7.87. The zero-order valence-corrected chi connectivity index (χ0v) is 13.6. The fraction of sp³-hybridized carbons (Fsp3) is 0.100. The number of nitrogens with one attached hydrogen (secondary N) is 2. The SMILES string of the molecule is Cc1cc(C)c2[nH]c(=O)c(-c3[nH]cnc3-c3ccccc3)cc2c1. The largest absolute Gasteiger partial charge is 0.344 e. The maximum atomic E-state index is 12.6. The summed E-state index contributed by atoms with van der Waals surface area (Å²) in [4.78, 5) is 23.2. The molecular weight excluding hydrogens is 298 g/mol. The molecule has 0 aliphatic rings. The molecule has 4 nitrogen and oxygen atoms in total. The summed E-state index contributed by atoms with van der Waals surface area (Å²) in [6, 6.07) is 16.0. The maximum absolute atomic E-state index is 12.6. The first-order valence-electron chi connectivity index (χ1n) is 7.87. The number of fused-ring (bicyclic) bond motifs is 1. The second kappa shape index (κ2) is 5.49. The molecule has 0 radical (unpaired) electrons. The Morgan fingerprint density at radius 1 is 1.00 bits per heavy atom. The molecule has 0 saturated carbocycles. The highest BCUT2D eigenvalue weighted by Gasteiger charge is 2.14. The number of aromatic amines is 2. The van der Waals surface area contributed by atoms with E-state index in [4.69, 9.17) is 0 Å². The first-order chi connectivity index (χ1) is 11.6. The second-order valence-corrected chi connectivity index (χ2v) is 6.05. The third kappa shape index (κ3) is 2.33. The summed E-state index contributed by atoms with van der Waals surface area (Å²) in [5.41, 5.74) is 6.12. The van der Waals surface area contributed by atoms with Gasteiger partial charge in [-0.05, 0) is 36.9 Å². The summed E-state index contributed by atoms with van der Waals surface area (Å²) in [5, 5.41) is 1.02. The Hall–Kier alpha value is -3.14. The lowest BCUT2D eigenvalue weighted by atomic mass is 10.0. The van der Waals surface area contributed by atoms with Crippen molar-refractivity contribution >= 4 is 10.9 Å². The number of rotatable bonds is 2. The van der Waals surface area contributed by atoms with Gasteiger partial charge in [-0.3, -0.25) is 4.79 Å². The molecule has 2 aromatic heterocycles. The van der Waals surface area contributed by atoms with Crippen LogP contribution < -0.4 is 5.56 Å². The van der Waals surface area contributed by atoms with Gasteiger partial charge in [0.25, 0.3) is 5.56 Å². The fourth-order valence-electron chi connectivity index (χ4n) is 3.19. The molecule has 2 heterocycles. The van der Waals surface area contributed by atoms with E-state index in [1.165, 1.54) is 5.56 Å². The van der Waals surface area contributed by atoms with Crippen LogP contribution in [0.3, 0.4) is 0 Å². The van der Waals surface area contributed by atoms with E-state index in [2.05, 4.69) is 34.0 Å². The number of nitrogens with zero attached hydrogens (tertiary/aromatic N) is 1. The van der Waals surface area contributed by atoms with E-state index < -0.39 is 0 Å². The van der Waals surface area contributed by atoms with Crippen LogP contribution in [0.15, 0.2) is 59.7 Å². The van der Waals surface area contributed by atoms with Crippen LogP contribution in [0.2, 0.25) is 0 Å². The minimum atomic E-state index is -0.115. The van der Waals surface area contributed by atoms with E-state index in [0.717, 1.165) is 33.4 Å². The molecule has 2 aromatic carbocycles. The van der Waals surface area contributed by atoms with Gasteiger partial charge in [-0.2, -0.15) is 0 Å². The van der Waals surface area contributed by atoms with Gasteiger partial charge in [0.15, 0.2) is 0 Å². The highest BCUT2D eigenvalue weighted by molar-refractivity contribution is 5.88. The highest BCUT2D eigenvalue weighted by Crippen LogP contribution is 2.28. The molecule has 0 amide bonds. The molecule has 0 aliphatic heterocycles. The monoisotopic (exact) mass is 315 g/mol. The van der Waals surface area contributed by atoms with Gasteiger partial charge in [0.2, 0.25) is 0 Å². The fourth-order valence-corrected chi connectivity index (χ4v) is 3.19. The van der Waals surface area contributed by atoms with Crippen molar-refractivity contribution in [1.29, 1.82) is 0 Å². The average molecular weight is 315 g/mol. The standard InChI is InChI=1S/C20H17N3O/c1-12-8-13(2)17-15(9-12)10-16(20(24)23-17)19-18(21-11-22-19)14-6-4-3-5-7-14/h3-11H,1-2H3,(H,21,22)(H,23,24). The van der Waals surface area contributed by atoms with Crippen LogP contribution >= 0.6 is 0 Å². The van der Waals surface area contributed by atoms with Gasteiger partial charge in [0.1, 0.15) is 0 Å². The predicted octanol–water partition coefficient (Wildman–Crippen LogP) is 4.20. The summed E-state index contributed by atoms with van der Waals surface area (Å²) in [7, 11) is 0. The molecule has 0 aliphatic carbocycles. The molecular formula is C20H17N3O. The zero-order valence-electron chi connectivity index (χ0n) is 13.6. The lowest BCUT2D eigenvalue weighted by molar-refractivity contribution is 1.26. The molecule has 0 spiro atoms. The Balaban J connectivity index is 1.97. The van der Waals surface area contributed by atoms with Crippen LogP contribution in [0.5, 0.6) is 0 Å². The summed E-state index contributed by atoms with van der Waals surface area (Å²) >= 11 is 0. The summed E-state index contributed by atoms with van der Waals surface area (Å²) in [5.74, 6) is 0. The number of aryl methyl sites for hydroxylation is 2. The average Bonchev–Trinajstić information content (AvgIpc) is 3.05. The van der Waals surface area contributed by atoms with E-state index in [1.54, 1.807) is 6.33 Å². The number of hydrogen-bond acceptors (Lipinski definition) is 2. The lowest BCUT2D eigenvalue weighted by Crippen LogP contribution is -2.10. The Labute approximate surface area is 139 Å². The van der Waals surface area contributed by atoms with Crippen molar-refractivity contribution in [1.82, 2.24) is 15.0 Å². The molecule has 118 valence electrons. The molecule has 4 heteroatoms. The third-order valence-electron chi connectivity index (χ3n) is 4.25. The molecule has 0 saturated heterocycles. The molecule has 2 N–H and O–H groups in total. The van der Waals surface area contributed by atoms with Crippen molar-refractivity contribution in [2.24, 2.45) is 0 Å². The second-order valence-electron chi connectivity index (χ2n) is 6.05. The Morgan fingerprint density at radius 2 is 1.79 bits per heavy atom. The van der Waals surface area contributed by atoms with E-state index in [0.29, 0.717) is 5.56 Å². The predicted molar refractivity (Wildman–Crippen MR) is 97.1 cm³/mol. The van der Waals surface area contributed by atoms with Gasteiger partial charge in [0, 0.05) is 5.56 Å². The molecule has 4 rings (SSSR count). The van der Waals surface area contributed by atoms with Gasteiger partial charge < -0.3 is 9.97 Å². The topological polar surface area (TPSA) is 61.5 Å². The molecule has 24 heavy (non-hydrogen) atoms. The molecule has 0 bridgehead atoms. The molecule has 0 fully saturated rings. The van der Waals surface area contributed by atoms with Crippen molar-refractivity contribution in [2.45, 2.75) is 13.8 Å².